The second-order valence-corrected chi connectivity index (χ2v) is 4.93. The standard InChI is InChI=1S/C13H18N2O3/c1-13(2,3)18-12(17)15-9-11(16)8-10-4-6-14-7-5-10/h4-7H,8-9H2,1-3H3,(H,15,17). The Balaban J connectivity index is 2.32. The van der Waals surface area contributed by atoms with E-state index in [0.29, 0.717) is 0 Å². The van der Waals surface area contributed by atoms with Gasteiger partial charge in [0.2, 0.25) is 0 Å². The van der Waals surface area contributed by atoms with Gasteiger partial charge in [0, 0.05) is 18.8 Å². The highest BCUT2D eigenvalue weighted by Gasteiger charge is 2.16. The fourth-order valence-electron chi connectivity index (χ4n) is 1.28. The quantitative estimate of drug-likeness (QED) is 0.883. The zero-order valence-corrected chi connectivity index (χ0v) is 10.9. The van der Waals surface area contributed by atoms with Gasteiger partial charge in [0.1, 0.15) is 5.60 Å². The molecule has 0 aliphatic heterocycles. The molecule has 1 aromatic heterocycles. The molecule has 0 spiro atoms. The van der Waals surface area contributed by atoms with Gasteiger partial charge >= 0.3 is 6.09 Å². The maximum absolute atomic E-state index is 11.6. The van der Waals surface area contributed by atoms with Crippen molar-refractivity contribution in [1.29, 1.82) is 0 Å². The Labute approximate surface area is 107 Å². The molecule has 5 heteroatoms. The molecule has 0 bridgehead atoms. The summed E-state index contributed by atoms with van der Waals surface area (Å²) in [7, 11) is 0. The fourth-order valence-corrected chi connectivity index (χ4v) is 1.28. The number of carbonyl (C=O) groups is 2. The first-order chi connectivity index (χ1) is 8.37. The van der Waals surface area contributed by atoms with Crippen molar-refractivity contribution in [3.05, 3.63) is 30.1 Å². The predicted octanol–water partition coefficient (Wildman–Crippen LogP) is 1.72. The van der Waals surface area contributed by atoms with Crippen LogP contribution in [0.25, 0.3) is 0 Å². The van der Waals surface area contributed by atoms with E-state index >= 15 is 0 Å². The summed E-state index contributed by atoms with van der Waals surface area (Å²) in [5.74, 6) is -0.0768. The molecule has 0 aliphatic rings. The Bertz CT molecular complexity index is 410. The van der Waals surface area contributed by atoms with E-state index in [-0.39, 0.29) is 18.7 Å². The number of ether oxygens (including phenoxy) is 1. The van der Waals surface area contributed by atoms with Crippen molar-refractivity contribution in [3.8, 4) is 0 Å². The summed E-state index contributed by atoms with van der Waals surface area (Å²) < 4.78 is 5.03. The SMILES string of the molecule is CC(C)(C)OC(=O)NCC(=O)Cc1ccncc1. The second kappa shape index (κ2) is 6.14. The molecule has 1 heterocycles. The highest BCUT2D eigenvalue weighted by Crippen LogP contribution is 2.06. The fraction of sp³-hybridized carbons (Fsp3) is 0.462. The first-order valence-corrected chi connectivity index (χ1v) is 5.74. The van der Waals surface area contributed by atoms with Gasteiger partial charge in [-0.25, -0.2) is 4.79 Å². The van der Waals surface area contributed by atoms with Crippen molar-refractivity contribution in [3.63, 3.8) is 0 Å². The highest BCUT2D eigenvalue weighted by molar-refractivity contribution is 5.85. The van der Waals surface area contributed by atoms with E-state index in [1.807, 2.05) is 0 Å². The van der Waals surface area contributed by atoms with E-state index in [2.05, 4.69) is 10.3 Å². The molecule has 18 heavy (non-hydrogen) atoms. The lowest BCUT2D eigenvalue weighted by atomic mass is 10.1. The first kappa shape index (κ1) is 14.2. The number of ketones is 1. The van der Waals surface area contributed by atoms with E-state index in [9.17, 15) is 9.59 Å². The molecule has 1 N–H and O–H groups in total. The molecule has 0 unspecified atom stereocenters. The van der Waals surface area contributed by atoms with Gasteiger partial charge in [-0.3, -0.25) is 9.78 Å². The van der Waals surface area contributed by atoms with Crippen molar-refractivity contribution in [2.24, 2.45) is 0 Å². The minimum absolute atomic E-state index is 0.0305. The molecule has 0 radical (unpaired) electrons. The van der Waals surface area contributed by atoms with Gasteiger partial charge in [0.25, 0.3) is 0 Å². The third-order valence-corrected chi connectivity index (χ3v) is 1.98. The number of hydrogen-bond acceptors (Lipinski definition) is 4. The van der Waals surface area contributed by atoms with Crippen molar-refractivity contribution >= 4 is 11.9 Å². The summed E-state index contributed by atoms with van der Waals surface area (Å²) >= 11 is 0. The molecule has 1 aromatic rings. The Morgan fingerprint density at radius 2 is 1.89 bits per heavy atom. The van der Waals surface area contributed by atoms with Crippen molar-refractivity contribution in [1.82, 2.24) is 10.3 Å². The predicted molar refractivity (Wildman–Crippen MR) is 67.2 cm³/mol. The Morgan fingerprint density at radius 3 is 2.44 bits per heavy atom. The Kier molecular flexibility index (Phi) is 4.83. The van der Waals surface area contributed by atoms with Crippen LogP contribution < -0.4 is 5.32 Å². The van der Waals surface area contributed by atoms with Crippen LogP contribution >= 0.6 is 0 Å². The molecule has 0 saturated carbocycles. The molecule has 5 nitrogen and oxygen atoms in total. The van der Waals surface area contributed by atoms with Crippen molar-refractivity contribution in [2.75, 3.05) is 6.54 Å². The Morgan fingerprint density at radius 1 is 1.28 bits per heavy atom. The maximum Gasteiger partial charge on any atom is 0.408 e. The molecule has 0 aliphatic carbocycles. The summed E-state index contributed by atoms with van der Waals surface area (Å²) in [4.78, 5) is 26.8. The van der Waals surface area contributed by atoms with E-state index in [1.54, 1.807) is 45.3 Å². The number of nitrogens with zero attached hydrogens (tertiary/aromatic N) is 1. The summed E-state index contributed by atoms with van der Waals surface area (Å²) in [6.07, 6.45) is 2.96. The molecule has 0 atom stereocenters. The number of rotatable bonds is 4. The molecular formula is C13H18N2O3. The van der Waals surface area contributed by atoms with Gasteiger partial charge in [0.15, 0.2) is 5.78 Å². The minimum atomic E-state index is -0.578. The van der Waals surface area contributed by atoms with Crippen molar-refractivity contribution in [2.45, 2.75) is 32.8 Å². The van der Waals surface area contributed by atoms with Crippen LogP contribution in [-0.4, -0.2) is 29.0 Å². The van der Waals surface area contributed by atoms with Crippen LogP contribution in [0.3, 0.4) is 0 Å². The number of nitrogens with one attached hydrogen (secondary N) is 1. The van der Waals surface area contributed by atoms with Crippen LogP contribution in [-0.2, 0) is 16.0 Å². The van der Waals surface area contributed by atoms with Gasteiger partial charge in [-0.15, -0.1) is 0 Å². The van der Waals surface area contributed by atoms with Crippen LogP contribution in [0.5, 0.6) is 0 Å². The molecule has 0 aromatic carbocycles. The lowest BCUT2D eigenvalue weighted by Gasteiger charge is -2.19. The summed E-state index contributed by atoms with van der Waals surface area (Å²) in [6.45, 7) is 5.28. The van der Waals surface area contributed by atoms with Gasteiger partial charge in [-0.2, -0.15) is 0 Å². The van der Waals surface area contributed by atoms with Gasteiger partial charge in [-0.1, -0.05) is 0 Å². The van der Waals surface area contributed by atoms with E-state index in [0.717, 1.165) is 5.56 Å². The number of amides is 1. The van der Waals surface area contributed by atoms with Gasteiger partial charge < -0.3 is 10.1 Å². The molecule has 0 saturated heterocycles. The number of pyridine rings is 1. The lowest BCUT2D eigenvalue weighted by Crippen LogP contribution is -2.35. The van der Waals surface area contributed by atoms with Crippen LogP contribution in [0.2, 0.25) is 0 Å². The van der Waals surface area contributed by atoms with Crippen LogP contribution in [0, 0.1) is 0 Å². The smallest absolute Gasteiger partial charge is 0.408 e. The molecule has 0 fully saturated rings. The number of alkyl carbamates (subject to hydrolysis) is 1. The molecule has 1 rings (SSSR count). The van der Waals surface area contributed by atoms with Crippen LogP contribution in [0.4, 0.5) is 4.79 Å². The van der Waals surface area contributed by atoms with Crippen molar-refractivity contribution < 1.29 is 14.3 Å². The van der Waals surface area contributed by atoms with Crippen LogP contribution in [0.1, 0.15) is 26.3 Å². The average molecular weight is 250 g/mol. The maximum atomic E-state index is 11.6. The summed E-state index contributed by atoms with van der Waals surface area (Å²) in [5.41, 5.74) is 0.319. The molecular weight excluding hydrogens is 232 g/mol. The van der Waals surface area contributed by atoms with Gasteiger partial charge in [-0.05, 0) is 38.5 Å². The number of carbonyl (C=O) groups excluding carboxylic acids is 2. The largest absolute Gasteiger partial charge is 0.444 e. The Hall–Kier alpha value is -1.91. The zero-order chi connectivity index (χ0) is 13.6. The third kappa shape index (κ3) is 5.98. The average Bonchev–Trinajstić information content (AvgIpc) is 2.25. The molecule has 98 valence electrons. The first-order valence-electron chi connectivity index (χ1n) is 5.74. The van der Waals surface area contributed by atoms with E-state index in [1.165, 1.54) is 0 Å². The lowest BCUT2D eigenvalue weighted by molar-refractivity contribution is -0.117. The van der Waals surface area contributed by atoms with E-state index < -0.39 is 11.7 Å². The number of aromatic nitrogens is 1. The third-order valence-electron chi connectivity index (χ3n) is 1.98. The topological polar surface area (TPSA) is 68.3 Å². The number of hydrogen-bond donors (Lipinski definition) is 1. The van der Waals surface area contributed by atoms with Crippen LogP contribution in [0.15, 0.2) is 24.5 Å². The number of Topliss-reactive ketones (excluding diaryl/α,β-unsaturated/α-hetero) is 1. The normalized spacial score (nSPS) is 10.8. The van der Waals surface area contributed by atoms with E-state index in [4.69, 9.17) is 4.74 Å². The van der Waals surface area contributed by atoms with Gasteiger partial charge in [0.05, 0.1) is 6.54 Å². The highest BCUT2D eigenvalue weighted by atomic mass is 16.6. The minimum Gasteiger partial charge on any atom is -0.444 e. The second-order valence-electron chi connectivity index (χ2n) is 4.93. The summed E-state index contributed by atoms with van der Waals surface area (Å²) in [6, 6.07) is 3.54. The summed E-state index contributed by atoms with van der Waals surface area (Å²) in [5, 5.41) is 2.43. The molecule has 1 amide bonds. The monoisotopic (exact) mass is 250 g/mol. The zero-order valence-electron chi connectivity index (χ0n) is 10.9.